The van der Waals surface area contributed by atoms with Crippen molar-refractivity contribution in [2.24, 2.45) is 0 Å². The van der Waals surface area contributed by atoms with Crippen molar-refractivity contribution in [3.63, 3.8) is 0 Å². The molecule has 0 aliphatic carbocycles. The van der Waals surface area contributed by atoms with Gasteiger partial charge in [-0.3, -0.25) is 5.41 Å². The van der Waals surface area contributed by atoms with Gasteiger partial charge < -0.3 is 9.26 Å². The minimum atomic E-state index is -0.0441. The number of rotatable bonds is 2. The molecule has 2 rings (SSSR count). The highest BCUT2D eigenvalue weighted by molar-refractivity contribution is 5.06. The minimum absolute atomic E-state index is 0.0441. The maximum Gasteiger partial charge on any atom is 0.159 e. The first kappa shape index (κ1) is 11.5. The predicted octanol–water partition coefficient (Wildman–Crippen LogP) is 2.04. The Hall–Kier alpha value is -1.03. The van der Waals surface area contributed by atoms with Crippen LogP contribution in [-0.2, 0) is 16.7 Å². The Kier molecular flexibility index (Phi) is 2.93. The van der Waals surface area contributed by atoms with E-state index in [-0.39, 0.29) is 11.5 Å². The molecule has 1 saturated heterocycles. The Morgan fingerprint density at radius 1 is 1.50 bits per heavy atom. The van der Waals surface area contributed by atoms with Crippen LogP contribution in [0.25, 0.3) is 0 Å². The molecular formula is C12H20N2O2. The third-order valence-electron chi connectivity index (χ3n) is 2.88. The summed E-state index contributed by atoms with van der Waals surface area (Å²) >= 11 is 0. The lowest BCUT2D eigenvalue weighted by molar-refractivity contribution is 0.0664. The first-order valence-electron chi connectivity index (χ1n) is 5.84. The van der Waals surface area contributed by atoms with Crippen LogP contribution in [0.15, 0.2) is 10.6 Å². The van der Waals surface area contributed by atoms with Gasteiger partial charge in [0.25, 0.3) is 0 Å². The second kappa shape index (κ2) is 4.09. The Morgan fingerprint density at radius 2 is 2.25 bits per heavy atom. The van der Waals surface area contributed by atoms with Gasteiger partial charge in [-0.1, -0.05) is 20.8 Å². The van der Waals surface area contributed by atoms with Gasteiger partial charge in [-0.15, -0.1) is 0 Å². The third kappa shape index (κ3) is 2.38. The molecule has 4 nitrogen and oxygen atoms in total. The van der Waals surface area contributed by atoms with E-state index in [9.17, 15) is 0 Å². The number of aromatic nitrogens is 1. The number of ether oxygens (including phenoxy) is 1. The average Bonchev–Trinajstić information content (AvgIpc) is 2.76. The summed E-state index contributed by atoms with van der Waals surface area (Å²) in [6.07, 6.45) is 2.40. The van der Waals surface area contributed by atoms with Gasteiger partial charge in [0.1, 0.15) is 5.76 Å². The van der Waals surface area contributed by atoms with E-state index in [2.05, 4.69) is 20.8 Å². The molecule has 90 valence electrons. The Bertz CT molecular complexity index is 405. The second-order valence-corrected chi connectivity index (χ2v) is 5.43. The van der Waals surface area contributed by atoms with Crippen molar-refractivity contribution in [2.75, 3.05) is 6.61 Å². The van der Waals surface area contributed by atoms with Gasteiger partial charge in [0.05, 0.1) is 12.6 Å². The lowest BCUT2D eigenvalue weighted by Crippen LogP contribution is -2.22. The van der Waals surface area contributed by atoms with Crippen molar-refractivity contribution in [2.45, 2.75) is 51.7 Å². The molecule has 1 aromatic heterocycles. The van der Waals surface area contributed by atoms with E-state index in [1.165, 1.54) is 0 Å². The van der Waals surface area contributed by atoms with E-state index in [1.807, 2.05) is 0 Å². The van der Waals surface area contributed by atoms with E-state index in [4.69, 9.17) is 14.7 Å². The van der Waals surface area contributed by atoms with Gasteiger partial charge in [-0.2, -0.15) is 4.74 Å². The van der Waals surface area contributed by atoms with Gasteiger partial charge in [0, 0.05) is 18.1 Å². The lowest BCUT2D eigenvalue weighted by Gasteiger charge is -2.14. The van der Waals surface area contributed by atoms with Gasteiger partial charge in [-0.25, -0.2) is 0 Å². The summed E-state index contributed by atoms with van der Waals surface area (Å²) in [6, 6.07) is 1.80. The molecule has 4 heteroatoms. The van der Waals surface area contributed by atoms with E-state index >= 15 is 0 Å². The highest BCUT2D eigenvalue weighted by Gasteiger charge is 2.22. The van der Waals surface area contributed by atoms with Crippen LogP contribution in [0.1, 0.15) is 39.4 Å². The van der Waals surface area contributed by atoms with Crippen LogP contribution in [0.4, 0.5) is 0 Å². The SMILES string of the molecule is CC(C)(C)c1cc(=N)n(CC2CCCO2)o1. The first-order valence-corrected chi connectivity index (χ1v) is 5.84. The smallest absolute Gasteiger partial charge is 0.159 e. The molecular weight excluding hydrogens is 204 g/mol. The van der Waals surface area contributed by atoms with Crippen molar-refractivity contribution in [3.05, 3.63) is 17.3 Å². The topological polar surface area (TPSA) is 51.2 Å². The van der Waals surface area contributed by atoms with Gasteiger partial charge in [0.2, 0.25) is 0 Å². The molecule has 1 aromatic rings. The predicted molar refractivity (Wildman–Crippen MR) is 60.2 cm³/mol. The molecule has 1 aliphatic heterocycles. The van der Waals surface area contributed by atoms with E-state index in [0.29, 0.717) is 12.0 Å². The van der Waals surface area contributed by atoms with Gasteiger partial charge >= 0.3 is 0 Å². The van der Waals surface area contributed by atoms with Crippen LogP contribution in [0.3, 0.4) is 0 Å². The van der Waals surface area contributed by atoms with Crippen molar-refractivity contribution >= 4 is 0 Å². The lowest BCUT2D eigenvalue weighted by atomic mass is 9.94. The summed E-state index contributed by atoms with van der Waals surface area (Å²) < 4.78 is 12.9. The molecule has 1 N–H and O–H groups in total. The monoisotopic (exact) mass is 224 g/mol. The molecule has 1 unspecified atom stereocenters. The Morgan fingerprint density at radius 3 is 2.75 bits per heavy atom. The zero-order valence-electron chi connectivity index (χ0n) is 10.2. The number of nitrogens with zero attached hydrogens (tertiary/aromatic N) is 1. The maximum absolute atomic E-state index is 7.85. The highest BCUT2D eigenvalue weighted by atomic mass is 16.5. The molecule has 0 saturated carbocycles. The first-order chi connectivity index (χ1) is 7.47. The van der Waals surface area contributed by atoms with Crippen molar-refractivity contribution in [3.8, 4) is 0 Å². The molecule has 2 heterocycles. The molecule has 0 radical (unpaired) electrons. The molecule has 1 atom stereocenters. The fourth-order valence-electron chi connectivity index (χ4n) is 1.85. The molecule has 1 aliphatic rings. The summed E-state index contributed by atoms with van der Waals surface area (Å²) in [5.74, 6) is 0.857. The fourth-order valence-corrected chi connectivity index (χ4v) is 1.85. The average molecular weight is 224 g/mol. The normalized spacial score (nSPS) is 21.6. The zero-order chi connectivity index (χ0) is 11.8. The van der Waals surface area contributed by atoms with E-state index in [1.54, 1.807) is 10.8 Å². The van der Waals surface area contributed by atoms with E-state index in [0.717, 1.165) is 25.2 Å². The molecule has 0 aromatic carbocycles. The quantitative estimate of drug-likeness (QED) is 0.835. The molecule has 1 fully saturated rings. The summed E-state index contributed by atoms with van der Waals surface area (Å²) in [7, 11) is 0. The van der Waals surface area contributed by atoms with Gasteiger partial charge in [0.15, 0.2) is 5.49 Å². The molecule has 0 spiro atoms. The molecule has 16 heavy (non-hydrogen) atoms. The second-order valence-electron chi connectivity index (χ2n) is 5.43. The molecule has 0 amide bonds. The number of hydrogen-bond donors (Lipinski definition) is 1. The van der Waals surface area contributed by atoms with E-state index < -0.39 is 0 Å². The van der Waals surface area contributed by atoms with Crippen LogP contribution in [0.5, 0.6) is 0 Å². The zero-order valence-corrected chi connectivity index (χ0v) is 10.2. The summed E-state index contributed by atoms with van der Waals surface area (Å²) in [6.45, 7) is 7.76. The standard InChI is InChI=1S/C12H20N2O2/c1-12(2,3)10-7-11(13)14(16-10)8-9-5-4-6-15-9/h7,9,13H,4-6,8H2,1-3H3. The summed E-state index contributed by atoms with van der Waals surface area (Å²) in [4.78, 5) is 0. The number of hydrogen-bond acceptors (Lipinski definition) is 3. The molecule has 0 bridgehead atoms. The third-order valence-corrected chi connectivity index (χ3v) is 2.88. The highest BCUT2D eigenvalue weighted by Crippen LogP contribution is 2.21. The van der Waals surface area contributed by atoms with Crippen LogP contribution < -0.4 is 5.49 Å². The minimum Gasteiger partial charge on any atom is -0.382 e. The van der Waals surface area contributed by atoms with Crippen molar-refractivity contribution < 1.29 is 9.26 Å². The van der Waals surface area contributed by atoms with Crippen LogP contribution in [0, 0.1) is 5.41 Å². The summed E-state index contributed by atoms with van der Waals surface area (Å²) in [5, 5.41) is 7.85. The Labute approximate surface area is 95.7 Å². The van der Waals surface area contributed by atoms with Crippen molar-refractivity contribution in [1.29, 1.82) is 5.41 Å². The van der Waals surface area contributed by atoms with Crippen LogP contribution >= 0.6 is 0 Å². The van der Waals surface area contributed by atoms with Crippen molar-refractivity contribution in [1.82, 2.24) is 4.74 Å². The number of nitrogens with one attached hydrogen (secondary N) is 1. The fraction of sp³-hybridized carbons (Fsp3) is 0.750. The largest absolute Gasteiger partial charge is 0.382 e. The summed E-state index contributed by atoms with van der Waals surface area (Å²) in [5.41, 5.74) is 0.387. The Balaban J connectivity index is 2.15. The maximum atomic E-state index is 7.85. The van der Waals surface area contributed by atoms with Gasteiger partial charge in [-0.05, 0) is 12.8 Å². The van der Waals surface area contributed by atoms with Crippen LogP contribution in [-0.4, -0.2) is 17.5 Å². The van der Waals surface area contributed by atoms with Crippen LogP contribution in [0.2, 0.25) is 0 Å².